The smallest absolute Gasteiger partial charge is 0.409 e. The molecular weight excluding hydrogens is 382 g/mol. The van der Waals surface area contributed by atoms with Gasteiger partial charge in [0, 0.05) is 43.6 Å². The van der Waals surface area contributed by atoms with Gasteiger partial charge in [0.05, 0.1) is 12.1 Å². The predicted molar refractivity (Wildman–Crippen MR) is 109 cm³/mol. The normalized spacial score (nSPS) is 32.2. The first-order valence-electron chi connectivity index (χ1n) is 11.2. The van der Waals surface area contributed by atoms with Crippen LogP contribution in [0.4, 0.5) is 4.79 Å². The number of H-pyrrole nitrogens is 1. The lowest BCUT2D eigenvalue weighted by molar-refractivity contribution is 0.0735. The van der Waals surface area contributed by atoms with Gasteiger partial charge in [-0.05, 0) is 55.2 Å². The second-order valence-corrected chi connectivity index (χ2v) is 9.69. The molecule has 3 heterocycles. The van der Waals surface area contributed by atoms with Crippen LogP contribution in [0.1, 0.15) is 36.0 Å². The summed E-state index contributed by atoms with van der Waals surface area (Å²) in [5, 5.41) is 10.6. The standard InChI is InChI=1S/C22H27N5O3/c28-21(15-3-4-19-20(7-15)24-25-23-19)26-8-17-10-27(11-18(17)9-26)22(29)30-12-16-6-13-1-2-14(16)5-13/h3-4,7,13-14,16-18H,1-2,5-6,8-12H2,(H,23,24,25)/t13-,14+,16?,17-,18+/m0/s1. The van der Waals surface area contributed by atoms with Crippen LogP contribution in [0.15, 0.2) is 18.2 Å². The molecule has 0 radical (unpaired) electrons. The van der Waals surface area contributed by atoms with Gasteiger partial charge in [-0.15, -0.1) is 5.10 Å². The average molecular weight is 409 g/mol. The average Bonchev–Trinajstić information content (AvgIpc) is 3.55. The van der Waals surface area contributed by atoms with Gasteiger partial charge in [0.15, 0.2) is 0 Å². The number of hydrogen-bond acceptors (Lipinski definition) is 5. The van der Waals surface area contributed by atoms with Gasteiger partial charge >= 0.3 is 6.09 Å². The summed E-state index contributed by atoms with van der Waals surface area (Å²) < 4.78 is 5.70. The Morgan fingerprint density at radius 1 is 1.03 bits per heavy atom. The molecule has 2 bridgehead atoms. The number of rotatable bonds is 3. The molecule has 0 spiro atoms. The highest BCUT2D eigenvalue weighted by molar-refractivity contribution is 5.97. The van der Waals surface area contributed by atoms with E-state index in [9.17, 15) is 9.59 Å². The fourth-order valence-corrected chi connectivity index (χ4v) is 6.32. The summed E-state index contributed by atoms with van der Waals surface area (Å²) in [5.74, 6) is 2.92. The minimum Gasteiger partial charge on any atom is -0.449 e. The van der Waals surface area contributed by atoms with Crippen molar-refractivity contribution in [2.45, 2.75) is 25.7 Å². The number of aromatic amines is 1. The van der Waals surface area contributed by atoms with E-state index in [1.165, 1.54) is 25.7 Å². The van der Waals surface area contributed by atoms with Crippen LogP contribution in [-0.4, -0.2) is 70.0 Å². The summed E-state index contributed by atoms with van der Waals surface area (Å²) in [5.41, 5.74) is 2.16. The SMILES string of the molecule is O=C(OCC1C[C@H]2CC[C@@H]1C2)N1C[C@@H]2CN(C(=O)c3ccc4[nH]nnc4c3)C[C@@H]2C1. The molecule has 2 aliphatic carbocycles. The predicted octanol–water partition coefficient (Wildman–Crippen LogP) is 2.53. The Labute approximate surface area is 174 Å². The molecule has 4 aliphatic rings. The van der Waals surface area contributed by atoms with Crippen molar-refractivity contribution in [1.82, 2.24) is 25.2 Å². The van der Waals surface area contributed by atoms with Crippen molar-refractivity contribution in [1.29, 1.82) is 0 Å². The molecule has 1 aromatic heterocycles. The van der Waals surface area contributed by atoms with Crippen LogP contribution in [0.2, 0.25) is 0 Å². The van der Waals surface area contributed by atoms with E-state index in [-0.39, 0.29) is 12.0 Å². The lowest BCUT2D eigenvalue weighted by Crippen LogP contribution is -2.36. The van der Waals surface area contributed by atoms with Gasteiger partial charge < -0.3 is 14.5 Å². The van der Waals surface area contributed by atoms with E-state index in [0.717, 1.165) is 17.4 Å². The highest BCUT2D eigenvalue weighted by atomic mass is 16.6. The summed E-state index contributed by atoms with van der Waals surface area (Å²) in [4.78, 5) is 29.3. The first-order valence-corrected chi connectivity index (χ1v) is 11.2. The Hall–Kier alpha value is -2.64. The fourth-order valence-electron chi connectivity index (χ4n) is 6.32. The van der Waals surface area contributed by atoms with Gasteiger partial charge in [0.1, 0.15) is 5.52 Å². The number of carbonyl (C=O) groups excluding carboxylic acids is 2. The highest BCUT2D eigenvalue weighted by Gasteiger charge is 2.44. The third-order valence-corrected chi connectivity index (χ3v) is 7.91. The van der Waals surface area contributed by atoms with E-state index in [2.05, 4.69) is 15.4 Å². The van der Waals surface area contributed by atoms with Crippen molar-refractivity contribution in [3.63, 3.8) is 0 Å². The van der Waals surface area contributed by atoms with Crippen molar-refractivity contribution in [3.05, 3.63) is 23.8 Å². The van der Waals surface area contributed by atoms with E-state index in [1.54, 1.807) is 6.07 Å². The molecule has 1 unspecified atom stereocenters. The Kier molecular flexibility index (Phi) is 4.21. The Balaban J connectivity index is 1.03. The number of ether oxygens (including phenoxy) is 1. The lowest BCUT2D eigenvalue weighted by Gasteiger charge is -2.24. The molecule has 2 aliphatic heterocycles. The first-order chi connectivity index (χ1) is 14.6. The van der Waals surface area contributed by atoms with Gasteiger partial charge in [0.25, 0.3) is 5.91 Å². The molecule has 5 atom stereocenters. The van der Waals surface area contributed by atoms with Crippen LogP contribution in [0.5, 0.6) is 0 Å². The Morgan fingerprint density at radius 2 is 1.83 bits per heavy atom. The van der Waals surface area contributed by atoms with Crippen LogP contribution in [-0.2, 0) is 4.74 Å². The van der Waals surface area contributed by atoms with Crippen LogP contribution in [0.25, 0.3) is 11.0 Å². The molecule has 2 saturated carbocycles. The maximum absolute atomic E-state index is 12.9. The number of hydrogen-bond donors (Lipinski definition) is 1. The monoisotopic (exact) mass is 409 g/mol. The van der Waals surface area contributed by atoms with E-state index in [4.69, 9.17) is 4.74 Å². The number of nitrogens with zero attached hydrogens (tertiary/aromatic N) is 4. The molecule has 2 saturated heterocycles. The molecule has 1 aromatic carbocycles. The summed E-state index contributed by atoms with van der Waals surface area (Å²) >= 11 is 0. The summed E-state index contributed by atoms with van der Waals surface area (Å²) in [6.45, 7) is 3.34. The number of nitrogens with one attached hydrogen (secondary N) is 1. The maximum atomic E-state index is 12.9. The summed E-state index contributed by atoms with van der Waals surface area (Å²) in [7, 11) is 0. The number of benzene rings is 1. The van der Waals surface area contributed by atoms with Crippen molar-refractivity contribution in [3.8, 4) is 0 Å². The Bertz CT molecular complexity index is 976. The lowest BCUT2D eigenvalue weighted by atomic mass is 9.90. The molecular formula is C22H27N5O3. The van der Waals surface area contributed by atoms with Crippen molar-refractivity contribution >= 4 is 23.0 Å². The zero-order valence-electron chi connectivity index (χ0n) is 17.0. The summed E-state index contributed by atoms with van der Waals surface area (Å²) in [6, 6.07) is 5.44. The third-order valence-electron chi connectivity index (χ3n) is 7.91. The zero-order valence-corrected chi connectivity index (χ0v) is 17.0. The molecule has 158 valence electrons. The van der Waals surface area contributed by atoms with Crippen molar-refractivity contribution in [2.24, 2.45) is 29.6 Å². The molecule has 2 amide bonds. The summed E-state index contributed by atoms with van der Waals surface area (Å²) in [6.07, 6.45) is 5.09. The first kappa shape index (κ1) is 18.2. The van der Waals surface area contributed by atoms with Crippen LogP contribution < -0.4 is 0 Å². The third kappa shape index (κ3) is 3.04. The minimum absolute atomic E-state index is 0.0275. The van der Waals surface area contributed by atoms with Gasteiger partial charge in [-0.25, -0.2) is 4.79 Å². The number of amides is 2. The maximum Gasteiger partial charge on any atom is 0.409 e. The Morgan fingerprint density at radius 3 is 2.57 bits per heavy atom. The molecule has 8 heteroatoms. The van der Waals surface area contributed by atoms with Crippen LogP contribution in [0.3, 0.4) is 0 Å². The van der Waals surface area contributed by atoms with Crippen molar-refractivity contribution < 1.29 is 14.3 Å². The molecule has 1 N–H and O–H groups in total. The van der Waals surface area contributed by atoms with Gasteiger partial charge in [-0.2, -0.15) is 0 Å². The van der Waals surface area contributed by atoms with Crippen LogP contribution in [0, 0.1) is 29.6 Å². The quantitative estimate of drug-likeness (QED) is 0.841. The molecule has 6 rings (SSSR count). The molecule has 4 fully saturated rings. The van der Waals surface area contributed by atoms with Crippen LogP contribution >= 0.6 is 0 Å². The topological polar surface area (TPSA) is 91.4 Å². The van der Waals surface area contributed by atoms with Gasteiger partial charge in [0.2, 0.25) is 0 Å². The van der Waals surface area contributed by atoms with E-state index >= 15 is 0 Å². The van der Waals surface area contributed by atoms with Gasteiger partial charge in [-0.1, -0.05) is 11.6 Å². The molecule has 30 heavy (non-hydrogen) atoms. The highest BCUT2D eigenvalue weighted by Crippen LogP contribution is 2.48. The number of carbonyl (C=O) groups is 2. The largest absolute Gasteiger partial charge is 0.449 e. The second kappa shape index (κ2) is 6.96. The number of fused-ring (bicyclic) bond motifs is 4. The number of likely N-dealkylation sites (tertiary alicyclic amines) is 2. The minimum atomic E-state index is -0.165. The van der Waals surface area contributed by atoms with E-state index in [0.29, 0.717) is 61.6 Å². The second-order valence-electron chi connectivity index (χ2n) is 9.69. The molecule has 8 nitrogen and oxygen atoms in total. The zero-order chi connectivity index (χ0) is 20.2. The van der Waals surface area contributed by atoms with E-state index in [1.807, 2.05) is 21.9 Å². The van der Waals surface area contributed by atoms with Crippen molar-refractivity contribution in [2.75, 3.05) is 32.8 Å². The fraction of sp³-hybridized carbons (Fsp3) is 0.636. The van der Waals surface area contributed by atoms with E-state index < -0.39 is 0 Å². The molecule has 2 aromatic rings. The van der Waals surface area contributed by atoms with Gasteiger partial charge in [-0.3, -0.25) is 9.89 Å². The number of aromatic nitrogens is 3.